The van der Waals surface area contributed by atoms with Crippen LogP contribution in [-0.2, 0) is 0 Å². The molecule has 1 aromatic carbocycles. The van der Waals surface area contributed by atoms with Crippen LogP contribution in [0.25, 0.3) is 0 Å². The second kappa shape index (κ2) is 7.18. The Morgan fingerprint density at radius 3 is 2.57 bits per heavy atom. The smallest absolute Gasteiger partial charge is 0.229 e. The third kappa shape index (κ3) is 4.35. The van der Waals surface area contributed by atoms with Crippen LogP contribution in [0.2, 0.25) is 5.02 Å². The van der Waals surface area contributed by atoms with Crippen LogP contribution in [0.4, 0.5) is 17.5 Å². The molecular weight excluding hydrogens is 308 g/mol. The topological polar surface area (TPSA) is 49.8 Å². The normalized spacial score (nSPS) is 15.4. The molecule has 1 heterocycles. The molecule has 2 aromatic rings. The minimum Gasteiger partial charge on any atom is -0.367 e. The van der Waals surface area contributed by atoms with Gasteiger partial charge in [-0.1, -0.05) is 30.9 Å². The third-order valence-electron chi connectivity index (χ3n) is 4.25. The first-order valence-electron chi connectivity index (χ1n) is 8.25. The maximum atomic E-state index is 6.01. The zero-order valence-electron chi connectivity index (χ0n) is 13.7. The van der Waals surface area contributed by atoms with E-state index in [1.807, 2.05) is 38.1 Å². The Bertz CT molecular complexity index is 681. The van der Waals surface area contributed by atoms with E-state index in [0.717, 1.165) is 27.8 Å². The molecule has 0 atom stereocenters. The highest BCUT2D eigenvalue weighted by Gasteiger charge is 2.14. The molecule has 1 aliphatic carbocycles. The van der Waals surface area contributed by atoms with Crippen LogP contribution in [0, 0.1) is 13.8 Å². The molecule has 0 amide bonds. The van der Waals surface area contributed by atoms with Gasteiger partial charge in [-0.2, -0.15) is 4.98 Å². The van der Waals surface area contributed by atoms with Crippen LogP contribution < -0.4 is 10.6 Å². The van der Waals surface area contributed by atoms with E-state index in [1.54, 1.807) is 0 Å². The molecular formula is C18H23ClN4. The van der Waals surface area contributed by atoms with Crippen LogP contribution in [0.1, 0.15) is 43.4 Å². The highest BCUT2D eigenvalue weighted by Crippen LogP contribution is 2.24. The molecule has 0 radical (unpaired) electrons. The second-order valence-corrected chi connectivity index (χ2v) is 6.72. The van der Waals surface area contributed by atoms with Crippen molar-refractivity contribution >= 4 is 29.1 Å². The number of aryl methyl sites for hydroxylation is 2. The van der Waals surface area contributed by atoms with Gasteiger partial charge in [-0.3, -0.25) is 0 Å². The zero-order chi connectivity index (χ0) is 16.2. The standard InChI is InChI=1S/C18H23ClN4/c1-12-10-14(19)8-9-16(12)22-18-20-13(2)11-17(23-18)21-15-6-4-3-5-7-15/h8-11,15H,3-7H2,1-2H3,(H2,20,21,22,23). The summed E-state index contributed by atoms with van der Waals surface area (Å²) >= 11 is 6.01. The monoisotopic (exact) mass is 330 g/mol. The Kier molecular flexibility index (Phi) is 5.01. The van der Waals surface area contributed by atoms with Gasteiger partial charge in [0.25, 0.3) is 0 Å². The first-order valence-corrected chi connectivity index (χ1v) is 8.63. The Hall–Kier alpha value is -1.81. The van der Waals surface area contributed by atoms with E-state index in [4.69, 9.17) is 11.6 Å². The van der Waals surface area contributed by atoms with E-state index in [2.05, 4.69) is 20.6 Å². The molecule has 1 aliphatic rings. The van der Waals surface area contributed by atoms with Crippen molar-refractivity contribution in [1.82, 2.24) is 9.97 Å². The number of hydrogen-bond donors (Lipinski definition) is 2. The molecule has 1 fully saturated rings. The summed E-state index contributed by atoms with van der Waals surface area (Å²) < 4.78 is 0. The van der Waals surface area contributed by atoms with Crippen LogP contribution in [0.5, 0.6) is 0 Å². The summed E-state index contributed by atoms with van der Waals surface area (Å²) in [5.41, 5.74) is 3.00. The van der Waals surface area contributed by atoms with Crippen LogP contribution in [0.3, 0.4) is 0 Å². The molecule has 1 saturated carbocycles. The number of rotatable bonds is 4. The predicted molar refractivity (Wildman–Crippen MR) is 96.7 cm³/mol. The summed E-state index contributed by atoms with van der Waals surface area (Å²) in [5, 5.41) is 7.59. The first kappa shape index (κ1) is 16.1. The molecule has 5 heteroatoms. The van der Waals surface area contributed by atoms with E-state index in [9.17, 15) is 0 Å². The molecule has 122 valence electrons. The molecule has 0 bridgehead atoms. The molecule has 3 rings (SSSR count). The summed E-state index contributed by atoms with van der Waals surface area (Å²) in [6.45, 7) is 4.01. The van der Waals surface area contributed by atoms with E-state index in [0.29, 0.717) is 12.0 Å². The van der Waals surface area contributed by atoms with Gasteiger partial charge in [0.1, 0.15) is 5.82 Å². The minimum absolute atomic E-state index is 0.531. The fraction of sp³-hybridized carbons (Fsp3) is 0.444. The second-order valence-electron chi connectivity index (χ2n) is 6.28. The zero-order valence-corrected chi connectivity index (χ0v) is 14.5. The fourth-order valence-electron chi connectivity index (χ4n) is 3.04. The average Bonchev–Trinajstić information content (AvgIpc) is 2.50. The van der Waals surface area contributed by atoms with E-state index >= 15 is 0 Å². The van der Waals surface area contributed by atoms with Gasteiger partial charge >= 0.3 is 0 Å². The van der Waals surface area contributed by atoms with E-state index in [-0.39, 0.29) is 0 Å². The van der Waals surface area contributed by atoms with Gasteiger partial charge in [0.15, 0.2) is 0 Å². The molecule has 0 saturated heterocycles. The molecule has 2 N–H and O–H groups in total. The van der Waals surface area contributed by atoms with Crippen molar-refractivity contribution in [1.29, 1.82) is 0 Å². The summed E-state index contributed by atoms with van der Waals surface area (Å²) in [5.74, 6) is 1.52. The highest BCUT2D eigenvalue weighted by atomic mass is 35.5. The van der Waals surface area contributed by atoms with Crippen molar-refractivity contribution in [2.45, 2.75) is 52.0 Å². The summed E-state index contributed by atoms with van der Waals surface area (Å²) in [6, 6.07) is 8.30. The van der Waals surface area contributed by atoms with Crippen molar-refractivity contribution in [3.8, 4) is 0 Å². The van der Waals surface area contributed by atoms with Gasteiger partial charge in [0.05, 0.1) is 0 Å². The Morgan fingerprint density at radius 1 is 1.04 bits per heavy atom. The third-order valence-corrected chi connectivity index (χ3v) is 4.48. The average molecular weight is 331 g/mol. The molecule has 0 aliphatic heterocycles. The predicted octanol–water partition coefficient (Wildman–Crippen LogP) is 5.24. The van der Waals surface area contributed by atoms with Crippen molar-refractivity contribution in [3.63, 3.8) is 0 Å². The van der Waals surface area contributed by atoms with Crippen LogP contribution >= 0.6 is 11.6 Å². The summed E-state index contributed by atoms with van der Waals surface area (Å²) in [7, 11) is 0. The number of hydrogen-bond acceptors (Lipinski definition) is 4. The van der Waals surface area contributed by atoms with Crippen molar-refractivity contribution in [2.75, 3.05) is 10.6 Å². The van der Waals surface area contributed by atoms with Gasteiger partial charge in [0.2, 0.25) is 5.95 Å². The van der Waals surface area contributed by atoms with Crippen molar-refractivity contribution in [3.05, 3.63) is 40.5 Å². The Balaban J connectivity index is 1.76. The molecule has 23 heavy (non-hydrogen) atoms. The molecule has 4 nitrogen and oxygen atoms in total. The Morgan fingerprint density at radius 2 is 1.83 bits per heavy atom. The molecule has 1 aromatic heterocycles. The van der Waals surface area contributed by atoms with Gasteiger partial charge < -0.3 is 10.6 Å². The number of nitrogens with zero attached hydrogens (tertiary/aromatic N) is 2. The lowest BCUT2D eigenvalue weighted by Gasteiger charge is -2.23. The number of benzene rings is 1. The van der Waals surface area contributed by atoms with Crippen LogP contribution in [0.15, 0.2) is 24.3 Å². The quantitative estimate of drug-likeness (QED) is 0.805. The number of aromatic nitrogens is 2. The van der Waals surface area contributed by atoms with Crippen molar-refractivity contribution in [2.24, 2.45) is 0 Å². The maximum absolute atomic E-state index is 6.01. The minimum atomic E-state index is 0.531. The number of anilines is 3. The van der Waals surface area contributed by atoms with Crippen molar-refractivity contribution < 1.29 is 0 Å². The molecule has 0 spiro atoms. The summed E-state index contributed by atoms with van der Waals surface area (Å²) in [4.78, 5) is 9.11. The lowest BCUT2D eigenvalue weighted by molar-refractivity contribution is 0.462. The van der Waals surface area contributed by atoms with Gasteiger partial charge in [-0.05, 0) is 50.5 Å². The Labute approximate surface area is 142 Å². The lowest BCUT2D eigenvalue weighted by atomic mass is 9.95. The van der Waals surface area contributed by atoms with Gasteiger partial charge in [-0.25, -0.2) is 4.98 Å². The molecule has 0 unspecified atom stereocenters. The van der Waals surface area contributed by atoms with E-state index in [1.165, 1.54) is 32.1 Å². The van der Waals surface area contributed by atoms with E-state index < -0.39 is 0 Å². The summed E-state index contributed by atoms with van der Waals surface area (Å²) in [6.07, 6.45) is 6.40. The SMILES string of the molecule is Cc1cc(NC2CCCCC2)nc(Nc2ccc(Cl)cc2C)n1. The fourth-order valence-corrected chi connectivity index (χ4v) is 3.27. The highest BCUT2D eigenvalue weighted by molar-refractivity contribution is 6.30. The first-order chi connectivity index (χ1) is 11.1. The van der Waals surface area contributed by atoms with Gasteiger partial charge in [-0.15, -0.1) is 0 Å². The largest absolute Gasteiger partial charge is 0.367 e. The number of nitrogens with one attached hydrogen (secondary N) is 2. The number of halogens is 1. The maximum Gasteiger partial charge on any atom is 0.229 e. The van der Waals surface area contributed by atoms with Crippen LogP contribution in [-0.4, -0.2) is 16.0 Å². The lowest BCUT2D eigenvalue weighted by Crippen LogP contribution is -2.23. The van der Waals surface area contributed by atoms with Gasteiger partial charge in [0, 0.05) is 28.5 Å².